The molecule has 2 amide bonds. The molecular weight excluding hydrogens is 376 g/mol. The van der Waals surface area contributed by atoms with Gasteiger partial charge in [0.1, 0.15) is 0 Å². The number of nitrogens with one attached hydrogen (secondary N) is 1. The van der Waals surface area contributed by atoms with E-state index in [0.717, 1.165) is 16.1 Å². The van der Waals surface area contributed by atoms with E-state index in [9.17, 15) is 19.5 Å². The number of aromatic carboxylic acids is 1. The Bertz CT molecular complexity index is 940. The van der Waals surface area contributed by atoms with Gasteiger partial charge in [-0.15, -0.1) is 11.8 Å². The van der Waals surface area contributed by atoms with E-state index in [0.29, 0.717) is 17.8 Å². The quantitative estimate of drug-likeness (QED) is 0.750. The van der Waals surface area contributed by atoms with Gasteiger partial charge in [-0.2, -0.15) is 0 Å². The summed E-state index contributed by atoms with van der Waals surface area (Å²) in [5, 5.41) is 12.1. The molecule has 7 heteroatoms. The van der Waals surface area contributed by atoms with Gasteiger partial charge in [0.15, 0.2) is 0 Å². The van der Waals surface area contributed by atoms with E-state index in [1.165, 1.54) is 6.07 Å². The summed E-state index contributed by atoms with van der Waals surface area (Å²) in [7, 11) is 0. The fourth-order valence-corrected chi connectivity index (χ4v) is 3.76. The molecule has 1 aliphatic rings. The minimum Gasteiger partial charge on any atom is -0.478 e. The highest BCUT2D eigenvalue weighted by Crippen LogP contribution is 2.28. The van der Waals surface area contributed by atoms with Crippen LogP contribution in [0.2, 0.25) is 0 Å². The normalized spacial score (nSPS) is 16.3. The lowest BCUT2D eigenvalue weighted by Gasteiger charge is -2.17. The summed E-state index contributed by atoms with van der Waals surface area (Å²) in [6.07, 6.45) is 2.12. The predicted octanol–water partition coefficient (Wildman–Crippen LogP) is 3.72. The van der Waals surface area contributed by atoms with Crippen molar-refractivity contribution in [2.75, 3.05) is 23.0 Å². The van der Waals surface area contributed by atoms with Crippen LogP contribution >= 0.6 is 11.8 Å². The van der Waals surface area contributed by atoms with Gasteiger partial charge >= 0.3 is 5.97 Å². The Morgan fingerprint density at radius 1 is 1.14 bits per heavy atom. The lowest BCUT2D eigenvalue weighted by molar-refractivity contribution is -0.122. The molecule has 0 aliphatic carbocycles. The highest BCUT2D eigenvalue weighted by Gasteiger charge is 2.35. The van der Waals surface area contributed by atoms with Crippen molar-refractivity contribution in [1.82, 2.24) is 0 Å². The number of rotatable bonds is 5. The molecule has 6 nitrogen and oxygen atoms in total. The molecular formula is C21H22N2O4S. The number of anilines is 2. The Kier molecular flexibility index (Phi) is 5.74. The number of thioether (sulfide) groups is 1. The maximum Gasteiger partial charge on any atom is 0.336 e. The van der Waals surface area contributed by atoms with Crippen molar-refractivity contribution in [1.29, 1.82) is 0 Å². The molecule has 1 saturated heterocycles. The van der Waals surface area contributed by atoms with E-state index in [-0.39, 0.29) is 23.8 Å². The summed E-state index contributed by atoms with van der Waals surface area (Å²) in [5.41, 5.74) is 2.81. The summed E-state index contributed by atoms with van der Waals surface area (Å²) in [5.74, 6) is -1.89. The number of carbonyl (C=O) groups is 3. The molecule has 0 spiro atoms. The van der Waals surface area contributed by atoms with Crippen LogP contribution < -0.4 is 10.2 Å². The molecule has 0 aromatic heterocycles. The van der Waals surface area contributed by atoms with Gasteiger partial charge in [-0.05, 0) is 61.6 Å². The van der Waals surface area contributed by atoms with E-state index in [2.05, 4.69) is 5.32 Å². The number of carbonyl (C=O) groups excluding carboxylic acids is 2. The van der Waals surface area contributed by atoms with E-state index < -0.39 is 11.9 Å². The molecule has 28 heavy (non-hydrogen) atoms. The van der Waals surface area contributed by atoms with Crippen LogP contribution in [-0.4, -0.2) is 35.7 Å². The van der Waals surface area contributed by atoms with Gasteiger partial charge < -0.3 is 15.3 Å². The standard InChI is InChI=1S/C21H22N2O4S/c1-12-8-13(2)18(10-17(12)21(26)27)22-20(25)14-9-19(24)23(11-14)15-4-6-16(28-3)7-5-15/h4-8,10,14H,9,11H2,1-3H3,(H,22,25)(H,26,27). The molecule has 1 atom stereocenters. The minimum atomic E-state index is -1.04. The third-order valence-electron chi connectivity index (χ3n) is 4.94. The number of benzene rings is 2. The van der Waals surface area contributed by atoms with Crippen LogP contribution in [0, 0.1) is 19.8 Å². The Morgan fingerprint density at radius 3 is 2.43 bits per heavy atom. The zero-order valence-corrected chi connectivity index (χ0v) is 16.8. The average molecular weight is 398 g/mol. The molecule has 2 aromatic carbocycles. The van der Waals surface area contributed by atoms with Crippen molar-refractivity contribution in [3.63, 3.8) is 0 Å². The molecule has 1 heterocycles. The van der Waals surface area contributed by atoms with Crippen LogP contribution in [0.5, 0.6) is 0 Å². The SMILES string of the molecule is CSc1ccc(N2CC(C(=O)Nc3cc(C(=O)O)c(C)cc3C)CC2=O)cc1. The Labute approximate surface area is 167 Å². The lowest BCUT2D eigenvalue weighted by atomic mass is 10.0. The molecule has 1 fully saturated rings. The number of nitrogens with zero attached hydrogens (tertiary/aromatic N) is 1. The van der Waals surface area contributed by atoms with Crippen molar-refractivity contribution < 1.29 is 19.5 Å². The summed E-state index contributed by atoms with van der Waals surface area (Å²) in [4.78, 5) is 39.2. The van der Waals surface area contributed by atoms with Crippen molar-refractivity contribution >= 4 is 40.9 Å². The van der Waals surface area contributed by atoms with Gasteiger partial charge in [0.25, 0.3) is 0 Å². The highest BCUT2D eigenvalue weighted by molar-refractivity contribution is 7.98. The van der Waals surface area contributed by atoms with E-state index in [1.54, 1.807) is 29.7 Å². The van der Waals surface area contributed by atoms with Gasteiger partial charge in [0, 0.05) is 29.2 Å². The van der Waals surface area contributed by atoms with Gasteiger partial charge in [-0.1, -0.05) is 6.07 Å². The third-order valence-corrected chi connectivity index (χ3v) is 5.68. The van der Waals surface area contributed by atoms with Gasteiger partial charge in [-0.3, -0.25) is 9.59 Å². The molecule has 146 valence electrons. The monoisotopic (exact) mass is 398 g/mol. The summed E-state index contributed by atoms with van der Waals surface area (Å²) in [6.45, 7) is 3.84. The van der Waals surface area contributed by atoms with Gasteiger partial charge in [-0.25, -0.2) is 4.79 Å². The smallest absolute Gasteiger partial charge is 0.336 e. The van der Waals surface area contributed by atoms with E-state index in [4.69, 9.17) is 0 Å². The van der Waals surface area contributed by atoms with Crippen LogP contribution in [0.3, 0.4) is 0 Å². The van der Waals surface area contributed by atoms with Crippen LogP contribution in [-0.2, 0) is 9.59 Å². The molecule has 0 bridgehead atoms. The van der Waals surface area contributed by atoms with Crippen LogP contribution in [0.15, 0.2) is 41.3 Å². The first kappa shape index (κ1) is 19.9. The van der Waals surface area contributed by atoms with Crippen LogP contribution in [0.25, 0.3) is 0 Å². The zero-order chi connectivity index (χ0) is 20.4. The molecule has 2 N–H and O–H groups in total. The first-order valence-corrected chi connectivity index (χ1v) is 10.1. The number of hydrogen-bond donors (Lipinski definition) is 2. The minimum absolute atomic E-state index is 0.0936. The molecule has 1 unspecified atom stereocenters. The molecule has 0 radical (unpaired) electrons. The third kappa shape index (κ3) is 4.04. The topological polar surface area (TPSA) is 86.7 Å². The predicted molar refractivity (Wildman–Crippen MR) is 110 cm³/mol. The number of carboxylic acid groups (broad SMARTS) is 1. The highest BCUT2D eigenvalue weighted by atomic mass is 32.2. The maximum absolute atomic E-state index is 12.7. The lowest BCUT2D eigenvalue weighted by Crippen LogP contribution is -2.28. The Hall–Kier alpha value is -2.80. The van der Waals surface area contributed by atoms with Crippen molar-refractivity contribution in [3.8, 4) is 0 Å². The van der Waals surface area contributed by atoms with Crippen molar-refractivity contribution in [2.24, 2.45) is 5.92 Å². The van der Waals surface area contributed by atoms with Gasteiger partial charge in [0.2, 0.25) is 11.8 Å². The van der Waals surface area contributed by atoms with Crippen molar-refractivity contribution in [2.45, 2.75) is 25.2 Å². The molecule has 0 saturated carbocycles. The molecule has 2 aromatic rings. The second kappa shape index (κ2) is 8.06. The fraction of sp³-hybridized carbons (Fsp3) is 0.286. The second-order valence-corrected chi connectivity index (χ2v) is 7.76. The first-order chi connectivity index (χ1) is 13.3. The van der Waals surface area contributed by atoms with Crippen LogP contribution in [0.4, 0.5) is 11.4 Å². The molecule has 3 rings (SSSR count). The maximum atomic E-state index is 12.7. The Balaban J connectivity index is 1.74. The second-order valence-electron chi connectivity index (χ2n) is 6.88. The van der Waals surface area contributed by atoms with Gasteiger partial charge in [0.05, 0.1) is 11.5 Å². The summed E-state index contributed by atoms with van der Waals surface area (Å²) in [6, 6.07) is 10.9. The number of carboxylic acids is 1. The number of aryl methyl sites for hydroxylation is 2. The van der Waals surface area contributed by atoms with Crippen molar-refractivity contribution in [3.05, 3.63) is 53.1 Å². The Morgan fingerprint density at radius 2 is 1.82 bits per heavy atom. The zero-order valence-electron chi connectivity index (χ0n) is 16.0. The summed E-state index contributed by atoms with van der Waals surface area (Å²) < 4.78 is 0. The summed E-state index contributed by atoms with van der Waals surface area (Å²) >= 11 is 1.62. The molecule has 1 aliphatic heterocycles. The fourth-order valence-electron chi connectivity index (χ4n) is 3.35. The van der Waals surface area contributed by atoms with Crippen LogP contribution in [0.1, 0.15) is 27.9 Å². The first-order valence-electron chi connectivity index (χ1n) is 8.90. The number of amides is 2. The van der Waals surface area contributed by atoms with E-state index in [1.807, 2.05) is 37.4 Å². The average Bonchev–Trinajstić information content (AvgIpc) is 3.05. The largest absolute Gasteiger partial charge is 0.478 e. The van der Waals surface area contributed by atoms with E-state index >= 15 is 0 Å². The number of hydrogen-bond acceptors (Lipinski definition) is 4.